The van der Waals surface area contributed by atoms with Crippen molar-refractivity contribution in [1.29, 1.82) is 0 Å². The van der Waals surface area contributed by atoms with Crippen molar-refractivity contribution in [3.8, 4) is 0 Å². The Balaban J connectivity index is 2.01. The molecule has 0 amide bonds. The number of aryl methyl sites for hydroxylation is 1. The fraction of sp³-hybridized carbons (Fsp3) is 0.286. The highest BCUT2D eigenvalue weighted by atomic mass is 79.9. The van der Waals surface area contributed by atoms with Gasteiger partial charge in [0.05, 0.1) is 0 Å². The van der Waals surface area contributed by atoms with Crippen LogP contribution in [-0.2, 0) is 6.54 Å². The van der Waals surface area contributed by atoms with Gasteiger partial charge in [-0.2, -0.15) is 0 Å². The molecular formula is C14H18BrN5. The third kappa shape index (κ3) is 4.47. The summed E-state index contributed by atoms with van der Waals surface area (Å²) in [7, 11) is 0. The SMILES string of the molecule is Cc1nc(NCCN)cc(NCc2ccc(Br)cc2)n1. The van der Waals surface area contributed by atoms with E-state index in [1.807, 2.05) is 25.1 Å². The third-order valence-electron chi connectivity index (χ3n) is 2.68. The van der Waals surface area contributed by atoms with Crippen LogP contribution < -0.4 is 16.4 Å². The lowest BCUT2D eigenvalue weighted by molar-refractivity contribution is 0.978. The van der Waals surface area contributed by atoms with Crippen molar-refractivity contribution >= 4 is 27.6 Å². The summed E-state index contributed by atoms with van der Waals surface area (Å²) in [5.41, 5.74) is 6.67. The Bertz CT molecular complexity index is 556. The van der Waals surface area contributed by atoms with Gasteiger partial charge in [-0.05, 0) is 24.6 Å². The Hall–Kier alpha value is -1.66. The van der Waals surface area contributed by atoms with Gasteiger partial charge in [0.15, 0.2) is 0 Å². The van der Waals surface area contributed by atoms with Crippen LogP contribution >= 0.6 is 15.9 Å². The van der Waals surface area contributed by atoms with Crippen LogP contribution in [0.25, 0.3) is 0 Å². The molecule has 0 unspecified atom stereocenters. The van der Waals surface area contributed by atoms with E-state index in [1.165, 1.54) is 5.56 Å². The summed E-state index contributed by atoms with van der Waals surface area (Å²) < 4.78 is 1.08. The first kappa shape index (κ1) is 14.7. The summed E-state index contributed by atoms with van der Waals surface area (Å²) >= 11 is 3.43. The second-order valence-corrected chi connectivity index (χ2v) is 5.30. The predicted octanol–water partition coefficient (Wildman–Crippen LogP) is 2.53. The molecule has 2 aromatic rings. The van der Waals surface area contributed by atoms with Gasteiger partial charge in [0, 0.05) is 30.2 Å². The van der Waals surface area contributed by atoms with E-state index in [4.69, 9.17) is 5.73 Å². The summed E-state index contributed by atoms with van der Waals surface area (Å²) in [6, 6.07) is 10.1. The van der Waals surface area contributed by atoms with E-state index < -0.39 is 0 Å². The van der Waals surface area contributed by atoms with E-state index in [1.54, 1.807) is 0 Å². The summed E-state index contributed by atoms with van der Waals surface area (Å²) in [6.07, 6.45) is 0. The second-order valence-electron chi connectivity index (χ2n) is 4.38. The maximum atomic E-state index is 5.47. The molecule has 20 heavy (non-hydrogen) atoms. The van der Waals surface area contributed by atoms with Crippen LogP contribution in [0.3, 0.4) is 0 Å². The number of nitrogens with two attached hydrogens (primary N) is 1. The lowest BCUT2D eigenvalue weighted by Crippen LogP contribution is -2.14. The van der Waals surface area contributed by atoms with Crippen LogP contribution in [0, 0.1) is 6.92 Å². The van der Waals surface area contributed by atoms with Crippen LogP contribution in [0.5, 0.6) is 0 Å². The first-order valence-corrected chi connectivity index (χ1v) is 7.24. The van der Waals surface area contributed by atoms with Gasteiger partial charge in [-0.1, -0.05) is 28.1 Å². The molecule has 0 aliphatic rings. The molecule has 0 spiro atoms. The number of benzene rings is 1. The minimum absolute atomic E-state index is 0.574. The van der Waals surface area contributed by atoms with Crippen molar-refractivity contribution < 1.29 is 0 Å². The number of nitrogens with zero attached hydrogens (tertiary/aromatic N) is 2. The molecule has 2 rings (SSSR count). The number of hydrogen-bond donors (Lipinski definition) is 3. The van der Waals surface area contributed by atoms with Gasteiger partial charge in [-0.25, -0.2) is 9.97 Å². The lowest BCUT2D eigenvalue weighted by atomic mass is 10.2. The molecule has 0 bridgehead atoms. The zero-order valence-electron chi connectivity index (χ0n) is 11.4. The van der Waals surface area contributed by atoms with Crippen LogP contribution in [0.15, 0.2) is 34.8 Å². The summed E-state index contributed by atoms with van der Waals surface area (Å²) in [5.74, 6) is 2.33. The van der Waals surface area contributed by atoms with Gasteiger partial charge in [0.25, 0.3) is 0 Å². The number of aromatic nitrogens is 2. The molecule has 1 aromatic heterocycles. The largest absolute Gasteiger partial charge is 0.369 e. The quantitative estimate of drug-likeness (QED) is 0.756. The Kier molecular flexibility index (Phi) is 5.31. The number of anilines is 2. The van der Waals surface area contributed by atoms with Crippen molar-refractivity contribution in [2.24, 2.45) is 5.73 Å². The molecule has 0 radical (unpaired) electrons. The molecule has 0 aliphatic carbocycles. The molecule has 0 atom stereocenters. The van der Waals surface area contributed by atoms with Crippen LogP contribution in [0.1, 0.15) is 11.4 Å². The van der Waals surface area contributed by atoms with Gasteiger partial charge in [-0.3, -0.25) is 0 Å². The monoisotopic (exact) mass is 335 g/mol. The fourth-order valence-corrected chi connectivity index (χ4v) is 2.01. The summed E-state index contributed by atoms with van der Waals surface area (Å²) in [5, 5.41) is 6.46. The van der Waals surface area contributed by atoms with Crippen molar-refractivity contribution in [3.05, 3.63) is 46.2 Å². The maximum Gasteiger partial charge on any atom is 0.132 e. The molecule has 0 fully saturated rings. The number of nitrogens with one attached hydrogen (secondary N) is 2. The molecule has 1 aromatic carbocycles. The maximum absolute atomic E-state index is 5.47. The molecular weight excluding hydrogens is 318 g/mol. The standard InChI is InChI=1S/C14H18BrN5/c1-10-19-13(17-7-6-16)8-14(20-10)18-9-11-2-4-12(15)5-3-11/h2-5,8H,6-7,9,16H2,1H3,(H2,17,18,19,20). The summed E-state index contributed by atoms with van der Waals surface area (Å²) in [4.78, 5) is 8.69. The zero-order chi connectivity index (χ0) is 14.4. The van der Waals surface area contributed by atoms with E-state index in [9.17, 15) is 0 Å². The van der Waals surface area contributed by atoms with E-state index in [0.717, 1.165) is 28.5 Å². The van der Waals surface area contributed by atoms with Gasteiger partial charge in [-0.15, -0.1) is 0 Å². The van der Waals surface area contributed by atoms with Crippen LogP contribution in [0.4, 0.5) is 11.6 Å². The Morgan fingerprint density at radius 1 is 1.10 bits per heavy atom. The molecule has 6 heteroatoms. The number of rotatable bonds is 6. The first-order chi connectivity index (χ1) is 9.67. The van der Waals surface area contributed by atoms with Gasteiger partial charge in [0.2, 0.25) is 0 Å². The Morgan fingerprint density at radius 3 is 2.40 bits per heavy atom. The average molecular weight is 336 g/mol. The molecule has 0 aliphatic heterocycles. The minimum Gasteiger partial charge on any atom is -0.369 e. The third-order valence-corrected chi connectivity index (χ3v) is 3.20. The van der Waals surface area contributed by atoms with Crippen LogP contribution in [0.2, 0.25) is 0 Å². The van der Waals surface area contributed by atoms with Crippen molar-refractivity contribution in [2.45, 2.75) is 13.5 Å². The minimum atomic E-state index is 0.574. The second kappa shape index (κ2) is 7.21. The van der Waals surface area contributed by atoms with E-state index >= 15 is 0 Å². The van der Waals surface area contributed by atoms with E-state index in [-0.39, 0.29) is 0 Å². The predicted molar refractivity (Wildman–Crippen MR) is 85.8 cm³/mol. The normalized spacial score (nSPS) is 10.3. The number of hydrogen-bond acceptors (Lipinski definition) is 5. The smallest absolute Gasteiger partial charge is 0.132 e. The molecule has 0 saturated heterocycles. The Labute approximate surface area is 127 Å². The molecule has 0 saturated carbocycles. The van der Waals surface area contributed by atoms with Crippen LogP contribution in [-0.4, -0.2) is 23.1 Å². The molecule has 106 valence electrons. The number of halogens is 1. The zero-order valence-corrected chi connectivity index (χ0v) is 12.9. The first-order valence-electron chi connectivity index (χ1n) is 6.45. The Morgan fingerprint density at radius 2 is 1.75 bits per heavy atom. The highest BCUT2D eigenvalue weighted by Crippen LogP contribution is 2.14. The van der Waals surface area contributed by atoms with Gasteiger partial charge < -0.3 is 16.4 Å². The molecule has 4 N–H and O–H groups in total. The highest BCUT2D eigenvalue weighted by Gasteiger charge is 2.01. The van der Waals surface area contributed by atoms with Gasteiger partial charge >= 0.3 is 0 Å². The highest BCUT2D eigenvalue weighted by molar-refractivity contribution is 9.10. The fourth-order valence-electron chi connectivity index (χ4n) is 1.74. The van der Waals surface area contributed by atoms with Gasteiger partial charge in [0.1, 0.15) is 17.5 Å². The average Bonchev–Trinajstić information content (AvgIpc) is 2.44. The lowest BCUT2D eigenvalue weighted by Gasteiger charge is -2.10. The molecule has 5 nitrogen and oxygen atoms in total. The molecule has 1 heterocycles. The van der Waals surface area contributed by atoms with E-state index in [2.05, 4.69) is 48.7 Å². The van der Waals surface area contributed by atoms with Crippen molar-refractivity contribution in [3.63, 3.8) is 0 Å². The topological polar surface area (TPSA) is 75.9 Å². The van der Waals surface area contributed by atoms with Crippen molar-refractivity contribution in [1.82, 2.24) is 9.97 Å². The summed E-state index contributed by atoms with van der Waals surface area (Å²) in [6.45, 7) is 3.87. The van der Waals surface area contributed by atoms with Crippen molar-refractivity contribution in [2.75, 3.05) is 23.7 Å². The van der Waals surface area contributed by atoms with E-state index in [0.29, 0.717) is 13.1 Å².